The summed E-state index contributed by atoms with van der Waals surface area (Å²) in [5.41, 5.74) is 3.44. The lowest BCUT2D eigenvalue weighted by atomic mass is 9.98. The summed E-state index contributed by atoms with van der Waals surface area (Å²) in [7, 11) is 0. The van der Waals surface area contributed by atoms with Gasteiger partial charge in [0.1, 0.15) is 11.5 Å². The van der Waals surface area contributed by atoms with Crippen LogP contribution in [0.1, 0.15) is 49.5 Å². The summed E-state index contributed by atoms with van der Waals surface area (Å²) < 4.78 is 6.77. The van der Waals surface area contributed by atoms with Crippen LogP contribution in [-0.2, 0) is 0 Å². The molecule has 2 rings (SSSR count). The Morgan fingerprint density at radius 1 is 1.05 bits per heavy atom. The molecule has 3 heteroatoms. The summed E-state index contributed by atoms with van der Waals surface area (Å²) >= 11 is 3.49. The molecule has 0 bridgehead atoms. The van der Waals surface area contributed by atoms with Gasteiger partial charge in [0.2, 0.25) is 0 Å². The molecule has 112 valence electrons. The van der Waals surface area contributed by atoms with Gasteiger partial charge in [-0.3, -0.25) is 0 Å². The van der Waals surface area contributed by atoms with E-state index in [1.165, 1.54) is 11.1 Å². The zero-order chi connectivity index (χ0) is 15.6. The maximum atomic E-state index is 9.59. The summed E-state index contributed by atoms with van der Waals surface area (Å²) in [6, 6.07) is 11.8. The van der Waals surface area contributed by atoms with Gasteiger partial charge in [-0.25, -0.2) is 0 Å². The summed E-state index contributed by atoms with van der Waals surface area (Å²) in [6.45, 7) is 8.23. The van der Waals surface area contributed by atoms with Crippen molar-refractivity contribution in [2.24, 2.45) is 0 Å². The van der Waals surface area contributed by atoms with Gasteiger partial charge in [-0.2, -0.15) is 0 Å². The molecule has 2 aromatic rings. The summed E-state index contributed by atoms with van der Waals surface area (Å²) in [5, 5.41) is 9.59. The van der Waals surface area contributed by atoms with E-state index in [1.54, 1.807) is 6.92 Å². The molecule has 0 fully saturated rings. The standard InChI is InChI=1S/C18H21BrO2/c1-11(2)16-7-6-15(9-12(16)3)21-18-8-5-14(13(4)20)10-17(18)19/h5-11,13,20H,1-4H3/t13-/m0/s1. The fraction of sp³-hybridized carbons (Fsp3) is 0.333. The SMILES string of the molecule is Cc1cc(Oc2ccc([C@H](C)O)cc2Br)ccc1C(C)C. The molecule has 0 heterocycles. The van der Waals surface area contributed by atoms with E-state index in [9.17, 15) is 5.11 Å². The Hall–Kier alpha value is -1.32. The Balaban J connectivity index is 2.24. The van der Waals surface area contributed by atoms with Gasteiger partial charge < -0.3 is 9.84 Å². The normalized spacial score (nSPS) is 12.5. The minimum Gasteiger partial charge on any atom is -0.456 e. The molecule has 0 saturated heterocycles. The van der Waals surface area contributed by atoms with Crippen LogP contribution in [0.15, 0.2) is 40.9 Å². The van der Waals surface area contributed by atoms with Crippen molar-refractivity contribution in [1.82, 2.24) is 0 Å². The molecule has 0 saturated carbocycles. The van der Waals surface area contributed by atoms with Crippen molar-refractivity contribution in [3.05, 3.63) is 57.6 Å². The van der Waals surface area contributed by atoms with Crippen molar-refractivity contribution in [3.8, 4) is 11.5 Å². The number of benzene rings is 2. The number of hydrogen-bond donors (Lipinski definition) is 1. The van der Waals surface area contributed by atoms with Crippen LogP contribution >= 0.6 is 15.9 Å². The average molecular weight is 349 g/mol. The third kappa shape index (κ3) is 3.86. The van der Waals surface area contributed by atoms with Gasteiger partial charge in [0.15, 0.2) is 0 Å². The van der Waals surface area contributed by atoms with E-state index in [0.29, 0.717) is 5.92 Å². The highest BCUT2D eigenvalue weighted by atomic mass is 79.9. The van der Waals surface area contributed by atoms with E-state index >= 15 is 0 Å². The van der Waals surface area contributed by atoms with E-state index in [-0.39, 0.29) is 0 Å². The Morgan fingerprint density at radius 3 is 2.29 bits per heavy atom. The lowest BCUT2D eigenvalue weighted by Crippen LogP contribution is -1.94. The third-order valence-electron chi connectivity index (χ3n) is 3.53. The fourth-order valence-electron chi connectivity index (χ4n) is 2.35. The van der Waals surface area contributed by atoms with Gasteiger partial charge >= 0.3 is 0 Å². The van der Waals surface area contributed by atoms with Crippen molar-refractivity contribution in [2.45, 2.75) is 39.7 Å². The van der Waals surface area contributed by atoms with Gasteiger partial charge in [0.05, 0.1) is 10.6 Å². The van der Waals surface area contributed by atoms with E-state index in [0.717, 1.165) is 21.5 Å². The second kappa shape index (κ2) is 6.63. The monoisotopic (exact) mass is 348 g/mol. The first-order valence-corrected chi connectivity index (χ1v) is 7.93. The zero-order valence-electron chi connectivity index (χ0n) is 12.9. The Morgan fingerprint density at radius 2 is 1.76 bits per heavy atom. The van der Waals surface area contributed by atoms with Crippen LogP contribution in [0, 0.1) is 6.92 Å². The summed E-state index contributed by atoms with van der Waals surface area (Å²) in [4.78, 5) is 0. The largest absolute Gasteiger partial charge is 0.456 e. The van der Waals surface area contributed by atoms with Gasteiger partial charge in [0, 0.05) is 0 Å². The van der Waals surface area contributed by atoms with Crippen LogP contribution in [0.3, 0.4) is 0 Å². The number of hydrogen-bond acceptors (Lipinski definition) is 2. The lowest BCUT2D eigenvalue weighted by molar-refractivity contribution is 0.199. The fourth-order valence-corrected chi connectivity index (χ4v) is 2.82. The third-order valence-corrected chi connectivity index (χ3v) is 4.15. The number of rotatable bonds is 4. The number of halogens is 1. The molecular weight excluding hydrogens is 328 g/mol. The smallest absolute Gasteiger partial charge is 0.141 e. The molecule has 1 atom stereocenters. The summed E-state index contributed by atoms with van der Waals surface area (Å²) in [6.07, 6.45) is -0.483. The molecule has 0 unspecified atom stereocenters. The Bertz CT molecular complexity index is 633. The topological polar surface area (TPSA) is 29.5 Å². The highest BCUT2D eigenvalue weighted by Crippen LogP contribution is 2.33. The van der Waals surface area contributed by atoms with Crippen molar-refractivity contribution in [3.63, 3.8) is 0 Å². The quantitative estimate of drug-likeness (QED) is 0.764. The molecule has 0 aliphatic carbocycles. The van der Waals surface area contributed by atoms with E-state index < -0.39 is 6.10 Å². The van der Waals surface area contributed by atoms with Crippen LogP contribution < -0.4 is 4.74 Å². The van der Waals surface area contributed by atoms with Crippen molar-refractivity contribution in [1.29, 1.82) is 0 Å². The Kier molecular flexibility index (Phi) is 5.07. The van der Waals surface area contributed by atoms with Gasteiger partial charge in [-0.15, -0.1) is 0 Å². The minimum atomic E-state index is -0.483. The minimum absolute atomic E-state index is 0.483. The predicted molar refractivity (Wildman–Crippen MR) is 90.1 cm³/mol. The average Bonchev–Trinajstić information content (AvgIpc) is 2.40. The first-order chi connectivity index (χ1) is 9.88. The molecule has 0 aliphatic heterocycles. The maximum Gasteiger partial charge on any atom is 0.141 e. The molecule has 0 aromatic heterocycles. The summed E-state index contributed by atoms with van der Waals surface area (Å²) in [5.74, 6) is 2.08. The second-order valence-corrected chi connectivity index (χ2v) is 6.50. The van der Waals surface area contributed by atoms with E-state index in [4.69, 9.17) is 4.74 Å². The highest BCUT2D eigenvalue weighted by molar-refractivity contribution is 9.10. The van der Waals surface area contributed by atoms with Gasteiger partial charge in [0.25, 0.3) is 0 Å². The van der Waals surface area contributed by atoms with Crippen molar-refractivity contribution >= 4 is 15.9 Å². The molecule has 2 nitrogen and oxygen atoms in total. The molecule has 21 heavy (non-hydrogen) atoms. The van der Waals surface area contributed by atoms with Gasteiger partial charge in [-0.05, 0) is 76.7 Å². The van der Waals surface area contributed by atoms with Crippen LogP contribution in [0.5, 0.6) is 11.5 Å². The van der Waals surface area contributed by atoms with Crippen LogP contribution in [0.25, 0.3) is 0 Å². The predicted octanol–water partition coefficient (Wildman–Crippen LogP) is 5.73. The number of aryl methyl sites for hydroxylation is 1. The van der Waals surface area contributed by atoms with Crippen molar-refractivity contribution in [2.75, 3.05) is 0 Å². The maximum absolute atomic E-state index is 9.59. The molecule has 2 aromatic carbocycles. The Labute approximate surface area is 134 Å². The number of aliphatic hydroxyl groups is 1. The molecule has 0 amide bonds. The molecule has 0 radical (unpaired) electrons. The molecule has 1 N–H and O–H groups in total. The van der Waals surface area contributed by atoms with Crippen LogP contribution in [-0.4, -0.2) is 5.11 Å². The highest BCUT2D eigenvalue weighted by Gasteiger charge is 2.09. The second-order valence-electron chi connectivity index (χ2n) is 5.64. The van der Waals surface area contributed by atoms with Crippen LogP contribution in [0.2, 0.25) is 0 Å². The van der Waals surface area contributed by atoms with Gasteiger partial charge in [-0.1, -0.05) is 26.0 Å². The van der Waals surface area contributed by atoms with Crippen LogP contribution in [0.4, 0.5) is 0 Å². The number of aliphatic hydroxyl groups excluding tert-OH is 1. The first-order valence-electron chi connectivity index (χ1n) is 7.14. The van der Waals surface area contributed by atoms with E-state index in [2.05, 4.69) is 48.8 Å². The lowest BCUT2D eigenvalue weighted by Gasteiger charge is -2.14. The zero-order valence-corrected chi connectivity index (χ0v) is 14.4. The molecular formula is C18H21BrO2. The number of ether oxygens (including phenoxy) is 1. The van der Waals surface area contributed by atoms with Crippen molar-refractivity contribution < 1.29 is 9.84 Å². The molecule has 0 spiro atoms. The van der Waals surface area contributed by atoms with E-state index in [1.807, 2.05) is 24.3 Å². The molecule has 0 aliphatic rings. The first kappa shape index (κ1) is 16.1.